The van der Waals surface area contributed by atoms with E-state index in [4.69, 9.17) is 0 Å². The van der Waals surface area contributed by atoms with E-state index in [-0.39, 0.29) is 0 Å². The molecule has 9 aliphatic carbocycles. The van der Waals surface area contributed by atoms with E-state index >= 15 is 0 Å². The molecule has 0 N–H and O–H groups in total. The average molecular weight is 1770 g/mol. The van der Waals surface area contributed by atoms with Gasteiger partial charge in [-0.1, -0.05) is 278 Å². The standard InChI is InChI=1S/C34H38N.C33H36N.2C32H34N/c1-23-8-4-7-11-32(23)34-21-33(24(2)22-35(34)3)31-17-16-29-19-28(14-15-30(29)20-31)27-13-12-25-9-5-6-10-26(25)18-27;1-22-8-4-7-11-31(22)33-20-32(23(2)21-34(33)3)29-15-14-26-16-28(13-12-27(26)17-29)30-18-24-9-5-6-10-25(24)19-30;1-21-7-4-5-10-30(21)32-19-31(22(2)20-33(32)3)28-14-13-25-15-27(12-11-26(25)16-28)29-17-23-8-6-9-24(23)18-29;1-21-6-4-5-7-29(21)32-19-30(22(2)20-33(32)3)27-14-12-26-18-28(15-13-25(26)17-27)31-16-23-8-10-24(31)11-9-23/h4,7-8,11,14-17,19-22,25-27H,5-6,9-10,12-13,18H2,1-3H3;4,7-8,11-17,20-21,24-25,30H,5-6,9-10,18-19H2,1-3H3;4-5,7,10-16,19-20,23-24,29H,6,8-9,17-18H2,1-3H3;4-7,12-15,17-20,23-24,31H,8-11,16H2,1-3H3/q4*+1. The molecule has 2 bridgehead atoms. The van der Waals surface area contributed by atoms with Crippen LogP contribution >= 0.6 is 0 Å². The van der Waals surface area contributed by atoms with Crippen LogP contribution in [0.25, 0.3) is 133 Å². The molecular formula is C131H142N4+4. The van der Waals surface area contributed by atoms with E-state index in [1.165, 1.54) is 325 Å². The summed E-state index contributed by atoms with van der Waals surface area (Å²) >= 11 is 0. The Kier molecular flexibility index (Phi) is 25.8. The molecule has 16 aromatic rings. The zero-order valence-electron chi connectivity index (χ0n) is 82.7. The van der Waals surface area contributed by atoms with Gasteiger partial charge in [0.1, 0.15) is 28.2 Å². The Balaban J connectivity index is 0.000000108. The van der Waals surface area contributed by atoms with Crippen molar-refractivity contribution in [2.45, 2.75) is 227 Å². The van der Waals surface area contributed by atoms with Crippen molar-refractivity contribution in [3.05, 3.63) is 358 Å². The third-order valence-electron chi connectivity index (χ3n) is 34.9. The third-order valence-corrected chi connectivity index (χ3v) is 34.9. The lowest BCUT2D eigenvalue weighted by Crippen LogP contribution is -2.31. The van der Waals surface area contributed by atoms with Crippen LogP contribution in [0.2, 0.25) is 0 Å². The van der Waals surface area contributed by atoms with Crippen LogP contribution in [-0.4, -0.2) is 0 Å². The fourth-order valence-electron chi connectivity index (χ4n) is 27.4. The minimum Gasteiger partial charge on any atom is -0.201 e. The summed E-state index contributed by atoms with van der Waals surface area (Å²) in [5, 5.41) is 10.9. The highest BCUT2D eigenvalue weighted by Gasteiger charge is 2.41. The van der Waals surface area contributed by atoms with Crippen molar-refractivity contribution in [2.75, 3.05) is 0 Å². The van der Waals surface area contributed by atoms with Crippen molar-refractivity contribution in [3.8, 4) is 89.5 Å². The van der Waals surface area contributed by atoms with E-state index < -0.39 is 0 Å². The van der Waals surface area contributed by atoms with Gasteiger partial charge in [0.15, 0.2) is 24.8 Å². The molecule has 4 heterocycles. The molecule has 0 aliphatic heterocycles. The molecule has 4 heteroatoms. The molecule has 9 fully saturated rings. The lowest BCUT2D eigenvalue weighted by molar-refractivity contribution is -0.660. The Bertz CT molecular complexity index is 7100. The molecule has 0 amide bonds. The maximum Gasteiger partial charge on any atom is 0.213 e. The average Bonchev–Trinajstić information content (AvgIpc) is 1.28. The van der Waals surface area contributed by atoms with E-state index in [0.29, 0.717) is 0 Å². The summed E-state index contributed by atoms with van der Waals surface area (Å²) in [6, 6.07) is 101. The molecule has 135 heavy (non-hydrogen) atoms. The molecule has 8 unspecified atom stereocenters. The van der Waals surface area contributed by atoms with Crippen LogP contribution in [0, 0.1) is 103 Å². The van der Waals surface area contributed by atoms with Crippen LogP contribution < -0.4 is 18.3 Å². The maximum atomic E-state index is 2.49. The Morgan fingerprint density at radius 2 is 0.452 bits per heavy atom. The van der Waals surface area contributed by atoms with Crippen molar-refractivity contribution in [1.29, 1.82) is 0 Å². The van der Waals surface area contributed by atoms with Crippen molar-refractivity contribution < 1.29 is 18.3 Å². The Hall–Kier alpha value is -11.7. The first-order chi connectivity index (χ1) is 65.8. The molecule has 0 saturated heterocycles. The van der Waals surface area contributed by atoms with Gasteiger partial charge in [0, 0.05) is 68.8 Å². The SMILES string of the molecule is Cc1c[n+](C)c(-c2ccccc2C)cc1-c1ccc2cc(C3CC4CCC3CC4)ccc2c1.Cc1c[n+](C)c(-c2ccccc2C)cc1-c1ccc2cc(C3CC4CCCC4C3)ccc2c1.Cc1c[n+](C)c(-c2ccccc2C)cc1-c1ccc2cc(C3CC4CCCCC4C3)ccc2c1.Cc1c[n+](C)c(-c2ccccc2C)cc1-c1ccc2cc(C3CCC4CCCCC4C3)ccc2c1. The third kappa shape index (κ3) is 18.7. The number of aryl methyl sites for hydroxylation is 12. The number of hydrogen-bond acceptors (Lipinski definition) is 0. The van der Waals surface area contributed by atoms with E-state index in [2.05, 4.69) is 394 Å². The topological polar surface area (TPSA) is 15.5 Å². The summed E-state index contributed by atoms with van der Waals surface area (Å²) < 4.78 is 9.03. The normalized spacial score (nSPS) is 22.1. The largest absolute Gasteiger partial charge is 0.213 e. The van der Waals surface area contributed by atoms with Crippen molar-refractivity contribution in [3.63, 3.8) is 0 Å². The van der Waals surface area contributed by atoms with Crippen LogP contribution in [0.3, 0.4) is 0 Å². The molecular weight excluding hydrogens is 1630 g/mol. The maximum absolute atomic E-state index is 2.49. The molecule has 25 rings (SSSR count). The van der Waals surface area contributed by atoms with Crippen molar-refractivity contribution in [1.82, 2.24) is 0 Å². The second-order valence-corrected chi connectivity index (χ2v) is 43.5. The number of benzene rings is 12. The van der Waals surface area contributed by atoms with Crippen LogP contribution in [0.15, 0.2) is 292 Å². The zero-order chi connectivity index (χ0) is 92.2. The number of rotatable bonds is 12. The summed E-state index contributed by atoms with van der Waals surface area (Å²) in [4.78, 5) is 0. The Labute approximate surface area is 806 Å². The number of fused-ring (bicyclic) bond motifs is 10. The zero-order valence-corrected chi connectivity index (χ0v) is 82.7. The summed E-state index contributed by atoms with van der Waals surface area (Å²) in [5.41, 5.74) is 37.5. The first-order valence-corrected chi connectivity index (χ1v) is 52.2. The highest BCUT2D eigenvalue weighted by atomic mass is 14.9. The predicted octanol–water partition coefficient (Wildman–Crippen LogP) is 32.8. The van der Waals surface area contributed by atoms with Crippen LogP contribution in [-0.2, 0) is 28.2 Å². The first-order valence-electron chi connectivity index (χ1n) is 52.2. The van der Waals surface area contributed by atoms with Gasteiger partial charge in [-0.2, -0.15) is 0 Å². The number of nitrogens with zero attached hydrogens (tertiary/aromatic N) is 4. The predicted molar refractivity (Wildman–Crippen MR) is 567 cm³/mol. The van der Waals surface area contributed by atoms with Gasteiger partial charge in [0.25, 0.3) is 0 Å². The lowest BCUT2D eigenvalue weighted by Gasteiger charge is -2.42. The first kappa shape index (κ1) is 89.8. The summed E-state index contributed by atoms with van der Waals surface area (Å²) in [6.07, 6.45) is 42.3. The van der Waals surface area contributed by atoms with E-state index in [9.17, 15) is 0 Å². The Morgan fingerprint density at radius 3 is 0.770 bits per heavy atom. The molecule has 8 atom stereocenters. The lowest BCUT2D eigenvalue weighted by atomic mass is 9.63. The molecule has 12 aromatic carbocycles. The van der Waals surface area contributed by atoms with Gasteiger partial charge in [-0.15, -0.1) is 0 Å². The highest BCUT2D eigenvalue weighted by molar-refractivity contribution is 5.93. The quantitative estimate of drug-likeness (QED) is 0.108. The fourth-order valence-corrected chi connectivity index (χ4v) is 27.4. The second kappa shape index (κ2) is 38.8. The van der Waals surface area contributed by atoms with Gasteiger partial charge in [-0.25, -0.2) is 18.3 Å². The van der Waals surface area contributed by atoms with Gasteiger partial charge in [-0.05, 0) is 371 Å². The van der Waals surface area contributed by atoms with Crippen LogP contribution in [0.5, 0.6) is 0 Å². The van der Waals surface area contributed by atoms with Crippen LogP contribution in [0.1, 0.15) is 238 Å². The van der Waals surface area contributed by atoms with E-state index in [1.807, 2.05) is 0 Å². The molecule has 9 aliphatic rings. The van der Waals surface area contributed by atoms with Gasteiger partial charge in [0.05, 0.1) is 0 Å². The van der Waals surface area contributed by atoms with Crippen molar-refractivity contribution >= 4 is 43.1 Å². The van der Waals surface area contributed by atoms with Crippen molar-refractivity contribution in [2.24, 2.45) is 75.5 Å². The minimum atomic E-state index is 0.756. The molecule has 0 spiro atoms. The van der Waals surface area contributed by atoms with E-state index in [0.717, 1.165) is 71.0 Å². The number of aromatic nitrogens is 4. The monoisotopic (exact) mass is 1770 g/mol. The van der Waals surface area contributed by atoms with E-state index in [1.54, 1.807) is 22.3 Å². The summed E-state index contributed by atoms with van der Waals surface area (Å²) in [5.74, 6) is 10.9. The highest BCUT2D eigenvalue weighted by Crippen LogP contribution is 2.54. The molecule has 9 saturated carbocycles. The van der Waals surface area contributed by atoms with Gasteiger partial charge >= 0.3 is 0 Å². The summed E-state index contributed by atoms with van der Waals surface area (Å²) in [7, 11) is 8.61. The molecule has 4 aromatic heterocycles. The fraction of sp³-hybridized carbons (Fsp3) is 0.359. The molecule has 0 radical (unpaired) electrons. The number of hydrogen-bond donors (Lipinski definition) is 0. The minimum absolute atomic E-state index is 0.756. The van der Waals surface area contributed by atoms with Crippen LogP contribution in [0.4, 0.5) is 0 Å². The van der Waals surface area contributed by atoms with Gasteiger partial charge in [0.2, 0.25) is 22.8 Å². The molecule has 4 nitrogen and oxygen atoms in total. The Morgan fingerprint density at radius 1 is 0.193 bits per heavy atom. The smallest absolute Gasteiger partial charge is 0.201 e. The summed E-state index contributed by atoms with van der Waals surface area (Å²) in [6.45, 7) is 17.7. The van der Waals surface area contributed by atoms with Gasteiger partial charge in [-0.3, -0.25) is 0 Å². The molecule has 682 valence electrons. The van der Waals surface area contributed by atoms with Gasteiger partial charge < -0.3 is 0 Å². The number of pyridine rings is 4. The second-order valence-electron chi connectivity index (χ2n) is 43.5.